The van der Waals surface area contributed by atoms with Crippen LogP contribution in [0, 0.1) is 17.0 Å². The number of nitrogens with zero attached hydrogens (tertiary/aromatic N) is 2. The van der Waals surface area contributed by atoms with Gasteiger partial charge in [-0.15, -0.1) is 0 Å². The first-order valence-corrected chi connectivity index (χ1v) is 7.96. The number of nitrogens with one attached hydrogen (secondary N) is 2. The highest BCUT2D eigenvalue weighted by atomic mass is 79.9. The maximum absolute atomic E-state index is 11.8. The third-order valence-electron chi connectivity index (χ3n) is 3.26. The Kier molecular flexibility index (Phi) is 6.07. The first kappa shape index (κ1) is 18.4. The van der Waals surface area contributed by atoms with Crippen LogP contribution in [0.3, 0.4) is 0 Å². The summed E-state index contributed by atoms with van der Waals surface area (Å²) >= 11 is 3.12. The van der Waals surface area contributed by atoms with Crippen molar-refractivity contribution in [1.82, 2.24) is 5.43 Å². The van der Waals surface area contributed by atoms with E-state index in [9.17, 15) is 20.0 Å². The van der Waals surface area contributed by atoms with Gasteiger partial charge in [-0.25, -0.2) is 5.43 Å². The molecule has 2 aromatic carbocycles. The van der Waals surface area contributed by atoms with Crippen LogP contribution in [0.1, 0.15) is 11.1 Å². The van der Waals surface area contributed by atoms with Crippen LogP contribution < -0.4 is 10.7 Å². The Labute approximate surface area is 151 Å². The van der Waals surface area contributed by atoms with E-state index in [2.05, 4.69) is 31.8 Å². The summed E-state index contributed by atoms with van der Waals surface area (Å²) in [5, 5.41) is 27.4. The number of aryl methyl sites for hydroxylation is 1. The van der Waals surface area contributed by atoms with Crippen LogP contribution in [-0.2, 0) is 4.79 Å². The molecule has 2 aromatic rings. The molecule has 0 aliphatic rings. The zero-order valence-electron chi connectivity index (χ0n) is 13.2. The minimum Gasteiger partial charge on any atom is -0.502 e. The molecule has 0 aliphatic carbocycles. The van der Waals surface area contributed by atoms with Crippen LogP contribution in [-0.4, -0.2) is 28.7 Å². The molecule has 9 heteroatoms. The fraction of sp³-hybridized carbons (Fsp3) is 0.125. The van der Waals surface area contributed by atoms with Crippen molar-refractivity contribution in [1.29, 1.82) is 0 Å². The summed E-state index contributed by atoms with van der Waals surface area (Å²) in [4.78, 5) is 21.9. The Morgan fingerprint density at radius 3 is 2.80 bits per heavy atom. The summed E-state index contributed by atoms with van der Waals surface area (Å²) in [7, 11) is 0. The number of carbonyl (C=O) groups is 1. The van der Waals surface area contributed by atoms with Gasteiger partial charge in [0.1, 0.15) is 0 Å². The number of hydrogen-bond acceptors (Lipinski definition) is 6. The van der Waals surface area contributed by atoms with Crippen LogP contribution in [0.5, 0.6) is 5.75 Å². The van der Waals surface area contributed by atoms with Crippen molar-refractivity contribution in [2.24, 2.45) is 5.10 Å². The summed E-state index contributed by atoms with van der Waals surface area (Å²) in [6, 6.07) is 10.1. The van der Waals surface area contributed by atoms with Gasteiger partial charge in [-0.1, -0.05) is 34.1 Å². The number of hydrazone groups is 1. The second-order valence-electron chi connectivity index (χ2n) is 5.08. The van der Waals surface area contributed by atoms with E-state index in [1.165, 1.54) is 12.1 Å². The highest BCUT2D eigenvalue weighted by Crippen LogP contribution is 2.32. The maximum Gasteiger partial charge on any atom is 0.312 e. The van der Waals surface area contributed by atoms with Gasteiger partial charge in [-0.3, -0.25) is 14.9 Å². The second-order valence-corrected chi connectivity index (χ2v) is 6.00. The number of aromatic hydroxyl groups is 1. The zero-order valence-corrected chi connectivity index (χ0v) is 14.8. The van der Waals surface area contributed by atoms with Crippen molar-refractivity contribution in [2.75, 3.05) is 11.9 Å². The van der Waals surface area contributed by atoms with Gasteiger partial charge in [0.2, 0.25) is 5.75 Å². The molecule has 0 saturated carbocycles. The molecular weight excluding hydrogens is 392 g/mol. The number of carbonyl (C=O) groups excluding carboxylic acids is 1. The minimum absolute atomic E-state index is 0.00675. The van der Waals surface area contributed by atoms with Gasteiger partial charge in [0.25, 0.3) is 5.91 Å². The third kappa shape index (κ3) is 5.01. The monoisotopic (exact) mass is 406 g/mol. The lowest BCUT2D eigenvalue weighted by molar-refractivity contribution is -0.385. The zero-order chi connectivity index (χ0) is 18.4. The summed E-state index contributed by atoms with van der Waals surface area (Å²) in [6.07, 6.45) is 1.14. The Hall–Kier alpha value is -2.94. The molecule has 0 fully saturated rings. The lowest BCUT2D eigenvalue weighted by Gasteiger charge is -2.07. The lowest BCUT2D eigenvalue weighted by atomic mass is 10.2. The summed E-state index contributed by atoms with van der Waals surface area (Å²) < 4.78 is 0.408. The first-order chi connectivity index (χ1) is 11.9. The number of halogens is 1. The molecule has 8 nitrogen and oxygen atoms in total. The molecule has 3 N–H and O–H groups in total. The summed E-state index contributed by atoms with van der Waals surface area (Å²) in [6.45, 7) is 1.92. The maximum atomic E-state index is 11.8. The molecule has 1 amide bonds. The number of para-hydroxylation sites is 1. The average molecular weight is 407 g/mol. The van der Waals surface area contributed by atoms with Gasteiger partial charge >= 0.3 is 5.69 Å². The van der Waals surface area contributed by atoms with E-state index in [-0.39, 0.29) is 12.1 Å². The average Bonchev–Trinajstić information content (AvgIpc) is 2.56. The van der Waals surface area contributed by atoms with Crippen LogP contribution in [0.15, 0.2) is 46.0 Å². The van der Waals surface area contributed by atoms with E-state index in [1.54, 1.807) is 0 Å². The topological polar surface area (TPSA) is 117 Å². The lowest BCUT2D eigenvalue weighted by Crippen LogP contribution is -2.26. The van der Waals surface area contributed by atoms with E-state index in [1.807, 2.05) is 31.2 Å². The smallest absolute Gasteiger partial charge is 0.312 e. The van der Waals surface area contributed by atoms with Crippen LogP contribution in [0.4, 0.5) is 11.4 Å². The van der Waals surface area contributed by atoms with Crippen molar-refractivity contribution < 1.29 is 14.8 Å². The predicted octanol–water partition coefficient (Wildman–Crippen LogP) is 2.93. The van der Waals surface area contributed by atoms with Crippen molar-refractivity contribution in [2.45, 2.75) is 6.92 Å². The van der Waals surface area contributed by atoms with Crippen molar-refractivity contribution >= 4 is 39.4 Å². The largest absolute Gasteiger partial charge is 0.502 e. The normalized spacial score (nSPS) is 10.6. The van der Waals surface area contributed by atoms with Crippen LogP contribution in [0.25, 0.3) is 0 Å². The highest BCUT2D eigenvalue weighted by molar-refractivity contribution is 9.10. The van der Waals surface area contributed by atoms with Crippen molar-refractivity contribution in [3.8, 4) is 5.75 Å². The Balaban J connectivity index is 1.98. The van der Waals surface area contributed by atoms with Crippen molar-refractivity contribution in [3.05, 3.63) is 62.1 Å². The SMILES string of the molecule is Cc1ccccc1NCC(=O)N/N=C\c1cc(Br)cc([N+](=O)[O-])c1O. The van der Waals surface area contributed by atoms with Gasteiger partial charge < -0.3 is 10.4 Å². The first-order valence-electron chi connectivity index (χ1n) is 7.17. The van der Waals surface area contributed by atoms with Gasteiger partial charge in [-0.05, 0) is 24.6 Å². The number of hydrogen-bond donors (Lipinski definition) is 3. The highest BCUT2D eigenvalue weighted by Gasteiger charge is 2.17. The molecule has 0 atom stereocenters. The van der Waals surface area contributed by atoms with E-state index in [4.69, 9.17) is 0 Å². The molecule has 25 heavy (non-hydrogen) atoms. The molecule has 0 radical (unpaired) electrons. The number of phenols is 1. The Morgan fingerprint density at radius 2 is 2.12 bits per heavy atom. The second kappa shape index (κ2) is 8.25. The fourth-order valence-corrected chi connectivity index (χ4v) is 2.47. The molecule has 0 saturated heterocycles. The number of rotatable bonds is 6. The van der Waals surface area contributed by atoms with E-state index < -0.39 is 22.3 Å². The van der Waals surface area contributed by atoms with E-state index in [0.29, 0.717) is 4.47 Å². The summed E-state index contributed by atoms with van der Waals surface area (Å²) in [5.41, 5.74) is 3.78. The molecule has 0 bridgehead atoms. The van der Waals surface area contributed by atoms with E-state index >= 15 is 0 Å². The Bertz CT molecular complexity index is 839. The fourth-order valence-electron chi connectivity index (χ4n) is 2.00. The molecule has 0 spiro atoms. The predicted molar refractivity (Wildman–Crippen MR) is 97.9 cm³/mol. The molecule has 0 heterocycles. The van der Waals surface area contributed by atoms with E-state index in [0.717, 1.165) is 17.5 Å². The molecule has 0 aromatic heterocycles. The minimum atomic E-state index is -0.706. The van der Waals surface area contributed by atoms with Gasteiger partial charge in [-0.2, -0.15) is 5.10 Å². The van der Waals surface area contributed by atoms with Gasteiger partial charge in [0.15, 0.2) is 0 Å². The molecule has 0 aliphatic heterocycles. The third-order valence-corrected chi connectivity index (χ3v) is 3.72. The number of nitro groups is 1. The van der Waals surface area contributed by atoms with Crippen LogP contribution >= 0.6 is 15.9 Å². The number of nitro benzene ring substituents is 1. The number of anilines is 1. The molecule has 130 valence electrons. The van der Waals surface area contributed by atoms with Gasteiger partial charge in [0, 0.05) is 21.8 Å². The number of phenolic OH excluding ortho intramolecular Hbond substituents is 1. The standard InChI is InChI=1S/C16H15BrN4O4/c1-10-4-2-3-5-13(10)18-9-15(22)20-19-8-11-6-12(17)7-14(16(11)23)21(24)25/h2-8,18,23H,9H2,1H3,(H,20,22)/b19-8-. The van der Waals surface area contributed by atoms with Crippen molar-refractivity contribution in [3.63, 3.8) is 0 Å². The van der Waals surface area contributed by atoms with Gasteiger partial charge in [0.05, 0.1) is 17.7 Å². The number of amides is 1. The number of benzene rings is 2. The Morgan fingerprint density at radius 1 is 1.40 bits per heavy atom. The summed E-state index contributed by atoms with van der Waals surface area (Å²) in [5.74, 6) is -0.923. The molecule has 0 unspecified atom stereocenters. The quantitative estimate of drug-likeness (QED) is 0.387. The van der Waals surface area contributed by atoms with Crippen LogP contribution in [0.2, 0.25) is 0 Å². The molecule has 2 rings (SSSR count). The molecular formula is C16H15BrN4O4.